The Morgan fingerprint density at radius 3 is 2.85 bits per heavy atom. The molecule has 1 fully saturated rings. The number of hydrogen-bond donors (Lipinski definition) is 1. The third kappa shape index (κ3) is 2.72. The molecule has 0 bridgehead atoms. The third-order valence-electron chi connectivity index (χ3n) is 5.96. The van der Waals surface area contributed by atoms with Crippen molar-refractivity contribution in [3.8, 4) is 0 Å². The first-order chi connectivity index (χ1) is 13.2. The first-order valence-corrected chi connectivity index (χ1v) is 9.58. The second-order valence-corrected chi connectivity index (χ2v) is 7.55. The molecular weight excluding hydrogens is 334 g/mol. The number of rotatable bonds is 3. The van der Waals surface area contributed by atoms with Crippen molar-refractivity contribution in [3.63, 3.8) is 0 Å². The Hall–Kier alpha value is -3.01. The molecule has 0 spiro atoms. The average Bonchev–Trinajstić information content (AvgIpc) is 3.40. The van der Waals surface area contributed by atoms with Gasteiger partial charge in [-0.2, -0.15) is 0 Å². The van der Waals surface area contributed by atoms with Crippen LogP contribution in [0.5, 0.6) is 0 Å². The molecule has 1 saturated heterocycles. The van der Waals surface area contributed by atoms with Crippen molar-refractivity contribution in [2.45, 2.75) is 18.8 Å². The van der Waals surface area contributed by atoms with E-state index in [0.717, 1.165) is 36.0 Å². The van der Waals surface area contributed by atoms with E-state index in [1.54, 1.807) is 0 Å². The Bertz CT molecular complexity index is 1140. The minimum Gasteiger partial charge on any atom is -0.361 e. The van der Waals surface area contributed by atoms with E-state index < -0.39 is 0 Å². The van der Waals surface area contributed by atoms with Crippen molar-refractivity contribution < 1.29 is 4.79 Å². The average molecular weight is 357 g/mol. The van der Waals surface area contributed by atoms with Crippen LogP contribution in [0.4, 0.5) is 0 Å². The number of carbonyl (C=O) groups excluding carboxylic acids is 1. The van der Waals surface area contributed by atoms with Gasteiger partial charge in [-0.05, 0) is 35.6 Å². The van der Waals surface area contributed by atoms with Crippen molar-refractivity contribution in [1.82, 2.24) is 14.5 Å². The molecule has 1 unspecified atom stereocenters. The number of nitrogens with one attached hydrogen (secondary N) is 1. The number of fused-ring (bicyclic) bond motifs is 2. The van der Waals surface area contributed by atoms with E-state index in [0.29, 0.717) is 12.3 Å². The van der Waals surface area contributed by atoms with E-state index in [1.807, 2.05) is 23.2 Å². The fourth-order valence-electron chi connectivity index (χ4n) is 4.48. The third-order valence-corrected chi connectivity index (χ3v) is 5.96. The van der Waals surface area contributed by atoms with Gasteiger partial charge in [-0.25, -0.2) is 0 Å². The SMILES string of the molecule is Cn1c(C2CCN(C(=O)Cc3c[nH]c4ccccc34)C2)cc2ccccc21. The van der Waals surface area contributed by atoms with Crippen molar-refractivity contribution in [1.29, 1.82) is 0 Å². The normalized spacial score (nSPS) is 17.2. The zero-order chi connectivity index (χ0) is 18.4. The van der Waals surface area contributed by atoms with E-state index in [2.05, 4.69) is 59.1 Å². The van der Waals surface area contributed by atoms with Gasteiger partial charge in [0.15, 0.2) is 0 Å². The predicted octanol–water partition coefficient (Wildman–Crippen LogP) is 4.22. The molecule has 1 amide bonds. The summed E-state index contributed by atoms with van der Waals surface area (Å²) in [4.78, 5) is 18.2. The zero-order valence-corrected chi connectivity index (χ0v) is 15.5. The molecule has 27 heavy (non-hydrogen) atoms. The lowest BCUT2D eigenvalue weighted by atomic mass is 10.0. The highest BCUT2D eigenvalue weighted by atomic mass is 16.2. The van der Waals surface area contributed by atoms with Crippen molar-refractivity contribution in [2.75, 3.05) is 13.1 Å². The number of aromatic amines is 1. The highest BCUT2D eigenvalue weighted by Gasteiger charge is 2.29. The molecule has 136 valence electrons. The van der Waals surface area contributed by atoms with Crippen LogP contribution in [0, 0.1) is 0 Å². The molecule has 3 heterocycles. The molecule has 2 aromatic heterocycles. The molecule has 4 heteroatoms. The van der Waals surface area contributed by atoms with E-state index >= 15 is 0 Å². The fraction of sp³-hybridized carbons (Fsp3) is 0.261. The van der Waals surface area contributed by atoms with Crippen LogP contribution in [0.3, 0.4) is 0 Å². The number of aryl methyl sites for hydroxylation is 1. The predicted molar refractivity (Wildman–Crippen MR) is 109 cm³/mol. The number of aromatic nitrogens is 2. The number of amides is 1. The molecular formula is C23H23N3O. The summed E-state index contributed by atoms with van der Waals surface area (Å²) in [6.45, 7) is 1.65. The van der Waals surface area contributed by atoms with Crippen LogP contribution in [0.1, 0.15) is 23.6 Å². The van der Waals surface area contributed by atoms with Crippen LogP contribution in [0.25, 0.3) is 21.8 Å². The molecule has 2 aromatic carbocycles. The number of para-hydroxylation sites is 2. The van der Waals surface area contributed by atoms with Crippen molar-refractivity contribution in [2.24, 2.45) is 7.05 Å². The number of H-pyrrole nitrogens is 1. The minimum atomic E-state index is 0.223. The molecule has 1 aliphatic rings. The van der Waals surface area contributed by atoms with Crippen molar-refractivity contribution in [3.05, 3.63) is 72.1 Å². The van der Waals surface area contributed by atoms with Crippen LogP contribution in [-0.2, 0) is 18.3 Å². The standard InChI is InChI=1S/C23H23N3O/c1-25-21-9-5-2-6-16(21)12-22(25)17-10-11-26(15-17)23(27)13-18-14-24-20-8-4-3-7-19(18)20/h2-9,12,14,17,24H,10-11,13,15H2,1H3. The second kappa shape index (κ2) is 6.31. The summed E-state index contributed by atoms with van der Waals surface area (Å²) >= 11 is 0. The van der Waals surface area contributed by atoms with Gasteiger partial charge in [-0.15, -0.1) is 0 Å². The van der Waals surface area contributed by atoms with Gasteiger partial charge in [-0.3, -0.25) is 4.79 Å². The molecule has 5 rings (SSSR count). The Morgan fingerprint density at radius 1 is 1.15 bits per heavy atom. The summed E-state index contributed by atoms with van der Waals surface area (Å²) in [5.74, 6) is 0.635. The maximum Gasteiger partial charge on any atom is 0.227 e. The zero-order valence-electron chi connectivity index (χ0n) is 15.5. The van der Waals surface area contributed by atoms with Gasteiger partial charge in [-0.1, -0.05) is 36.4 Å². The Labute approximate surface area is 158 Å². The maximum absolute atomic E-state index is 12.9. The van der Waals surface area contributed by atoms with E-state index in [-0.39, 0.29) is 5.91 Å². The first-order valence-electron chi connectivity index (χ1n) is 9.58. The van der Waals surface area contributed by atoms with E-state index in [4.69, 9.17) is 0 Å². The Balaban J connectivity index is 1.34. The summed E-state index contributed by atoms with van der Waals surface area (Å²) in [7, 11) is 2.13. The molecule has 0 saturated carbocycles. The quantitative estimate of drug-likeness (QED) is 0.586. The van der Waals surface area contributed by atoms with Gasteiger partial charge < -0.3 is 14.5 Å². The summed E-state index contributed by atoms with van der Waals surface area (Å²) in [6, 6.07) is 18.9. The maximum atomic E-state index is 12.9. The topological polar surface area (TPSA) is 41.0 Å². The van der Waals surface area contributed by atoms with Gasteiger partial charge in [0.05, 0.1) is 6.42 Å². The monoisotopic (exact) mass is 357 g/mol. The van der Waals surface area contributed by atoms with Gasteiger partial charge in [0.25, 0.3) is 0 Å². The second-order valence-electron chi connectivity index (χ2n) is 7.55. The van der Waals surface area contributed by atoms with Crippen LogP contribution < -0.4 is 0 Å². The van der Waals surface area contributed by atoms with Crippen LogP contribution in [0.15, 0.2) is 60.8 Å². The molecule has 1 atom stereocenters. The van der Waals surface area contributed by atoms with E-state index in [1.165, 1.54) is 16.6 Å². The molecule has 4 nitrogen and oxygen atoms in total. The highest BCUT2D eigenvalue weighted by molar-refractivity contribution is 5.89. The number of carbonyl (C=O) groups is 1. The lowest BCUT2D eigenvalue weighted by Crippen LogP contribution is -2.30. The van der Waals surface area contributed by atoms with E-state index in [9.17, 15) is 4.79 Å². The number of benzene rings is 2. The first kappa shape index (κ1) is 16.2. The largest absolute Gasteiger partial charge is 0.361 e. The molecule has 0 aliphatic carbocycles. The number of nitrogens with zero attached hydrogens (tertiary/aromatic N) is 2. The van der Waals surface area contributed by atoms with Crippen molar-refractivity contribution >= 4 is 27.7 Å². The molecule has 1 N–H and O–H groups in total. The lowest BCUT2D eigenvalue weighted by molar-refractivity contribution is -0.129. The van der Waals surface area contributed by atoms with Crippen LogP contribution in [-0.4, -0.2) is 33.4 Å². The van der Waals surface area contributed by atoms with Gasteiger partial charge in [0, 0.05) is 54.4 Å². The fourth-order valence-corrected chi connectivity index (χ4v) is 4.48. The smallest absolute Gasteiger partial charge is 0.227 e. The Kier molecular flexibility index (Phi) is 3.78. The lowest BCUT2D eigenvalue weighted by Gasteiger charge is -2.17. The number of likely N-dealkylation sites (tertiary alicyclic amines) is 1. The summed E-state index contributed by atoms with van der Waals surface area (Å²) in [6.07, 6.45) is 3.47. The summed E-state index contributed by atoms with van der Waals surface area (Å²) in [5.41, 5.74) is 4.77. The van der Waals surface area contributed by atoms with Gasteiger partial charge in [0.2, 0.25) is 5.91 Å². The highest BCUT2D eigenvalue weighted by Crippen LogP contribution is 2.31. The molecule has 4 aromatic rings. The summed E-state index contributed by atoms with van der Waals surface area (Å²) in [5, 5.41) is 2.42. The van der Waals surface area contributed by atoms with Crippen LogP contribution in [0.2, 0.25) is 0 Å². The Morgan fingerprint density at radius 2 is 1.96 bits per heavy atom. The number of hydrogen-bond acceptors (Lipinski definition) is 1. The van der Waals surface area contributed by atoms with Crippen LogP contribution >= 0.6 is 0 Å². The van der Waals surface area contributed by atoms with Gasteiger partial charge >= 0.3 is 0 Å². The molecule has 0 radical (unpaired) electrons. The molecule has 1 aliphatic heterocycles. The minimum absolute atomic E-state index is 0.223. The van der Waals surface area contributed by atoms with Gasteiger partial charge in [0.1, 0.15) is 0 Å². The summed E-state index contributed by atoms with van der Waals surface area (Å²) < 4.78 is 2.29.